The maximum absolute atomic E-state index is 6.06. The Bertz CT molecular complexity index is 436. The fourth-order valence-electron chi connectivity index (χ4n) is 3.73. The number of hydrogen-bond donors (Lipinski definition) is 1. The van der Waals surface area contributed by atoms with E-state index in [1.165, 1.54) is 63.3 Å². The summed E-state index contributed by atoms with van der Waals surface area (Å²) < 4.78 is 0. The van der Waals surface area contributed by atoms with E-state index in [2.05, 4.69) is 15.9 Å². The molecule has 1 aromatic heterocycles. The molecule has 21 heavy (non-hydrogen) atoms. The Hall–Kier alpha value is -0.130. The predicted octanol–water partition coefficient (Wildman–Crippen LogP) is 3.21. The zero-order valence-corrected chi connectivity index (χ0v) is 14.2. The van der Waals surface area contributed by atoms with Crippen molar-refractivity contribution in [3.05, 3.63) is 21.3 Å². The highest BCUT2D eigenvalue weighted by Crippen LogP contribution is 2.32. The monoisotopic (exact) mass is 327 g/mol. The van der Waals surface area contributed by atoms with Crippen LogP contribution in [-0.2, 0) is 0 Å². The van der Waals surface area contributed by atoms with Crippen molar-refractivity contribution in [3.8, 4) is 0 Å². The number of halogens is 1. The van der Waals surface area contributed by atoms with E-state index in [1.54, 1.807) is 11.3 Å². The van der Waals surface area contributed by atoms with Gasteiger partial charge in [-0.2, -0.15) is 0 Å². The summed E-state index contributed by atoms with van der Waals surface area (Å²) >= 11 is 7.81. The molecule has 1 unspecified atom stereocenters. The van der Waals surface area contributed by atoms with Crippen molar-refractivity contribution in [1.29, 1.82) is 0 Å². The van der Waals surface area contributed by atoms with Crippen molar-refractivity contribution in [2.75, 3.05) is 39.3 Å². The summed E-state index contributed by atoms with van der Waals surface area (Å²) in [6.45, 7) is 6.99. The molecule has 0 saturated carbocycles. The topological polar surface area (TPSA) is 32.5 Å². The maximum Gasteiger partial charge on any atom is 0.0564 e. The standard InChI is InChI=1S/C16H26ClN3S/c17-14-9-16(21-12-14)15(10-18)20-7-3-13(4-8-20)11-19-5-1-2-6-19/h9,12-13,15H,1-8,10-11,18H2. The third-order valence-electron chi connectivity index (χ3n) is 4.94. The highest BCUT2D eigenvalue weighted by Gasteiger charge is 2.27. The lowest BCUT2D eigenvalue weighted by Gasteiger charge is -2.37. The van der Waals surface area contributed by atoms with Gasteiger partial charge in [-0.15, -0.1) is 11.3 Å². The van der Waals surface area contributed by atoms with E-state index in [-0.39, 0.29) is 0 Å². The van der Waals surface area contributed by atoms with Gasteiger partial charge in [-0.25, -0.2) is 0 Å². The molecule has 1 aromatic rings. The number of thiophene rings is 1. The van der Waals surface area contributed by atoms with Gasteiger partial charge in [0.2, 0.25) is 0 Å². The summed E-state index contributed by atoms with van der Waals surface area (Å²) in [5.74, 6) is 0.879. The van der Waals surface area contributed by atoms with E-state index >= 15 is 0 Å². The number of nitrogens with two attached hydrogens (primary N) is 1. The van der Waals surface area contributed by atoms with Crippen LogP contribution in [0, 0.1) is 5.92 Å². The van der Waals surface area contributed by atoms with E-state index in [4.69, 9.17) is 17.3 Å². The Labute approximate surface area is 137 Å². The summed E-state index contributed by atoms with van der Waals surface area (Å²) in [6, 6.07) is 2.44. The number of hydrogen-bond acceptors (Lipinski definition) is 4. The van der Waals surface area contributed by atoms with Gasteiger partial charge in [0.25, 0.3) is 0 Å². The van der Waals surface area contributed by atoms with Gasteiger partial charge in [0.05, 0.1) is 11.1 Å². The Morgan fingerprint density at radius 1 is 1.24 bits per heavy atom. The summed E-state index contributed by atoms with van der Waals surface area (Å²) in [6.07, 6.45) is 5.42. The van der Waals surface area contributed by atoms with Gasteiger partial charge in [-0.1, -0.05) is 11.6 Å². The van der Waals surface area contributed by atoms with E-state index in [1.807, 2.05) is 5.38 Å². The third kappa shape index (κ3) is 3.99. The second kappa shape index (κ2) is 7.42. The Morgan fingerprint density at radius 3 is 2.52 bits per heavy atom. The zero-order valence-electron chi connectivity index (χ0n) is 12.6. The van der Waals surface area contributed by atoms with Gasteiger partial charge >= 0.3 is 0 Å². The van der Waals surface area contributed by atoms with Gasteiger partial charge in [-0.3, -0.25) is 4.90 Å². The van der Waals surface area contributed by atoms with Crippen LogP contribution in [-0.4, -0.2) is 49.1 Å². The summed E-state index contributed by atoms with van der Waals surface area (Å²) in [5, 5.41) is 2.86. The molecule has 0 spiro atoms. The first-order valence-electron chi connectivity index (χ1n) is 8.16. The highest BCUT2D eigenvalue weighted by molar-refractivity contribution is 7.10. The third-order valence-corrected chi connectivity index (χ3v) is 6.33. The van der Waals surface area contributed by atoms with Crippen LogP contribution in [0.15, 0.2) is 11.4 Å². The smallest absolute Gasteiger partial charge is 0.0564 e. The molecule has 3 heterocycles. The number of likely N-dealkylation sites (tertiary alicyclic amines) is 2. The zero-order chi connectivity index (χ0) is 14.7. The van der Waals surface area contributed by atoms with Crippen molar-refractivity contribution in [2.45, 2.75) is 31.7 Å². The molecule has 3 nitrogen and oxygen atoms in total. The molecule has 2 saturated heterocycles. The molecule has 3 rings (SSSR count). The van der Waals surface area contributed by atoms with Gasteiger partial charge < -0.3 is 10.6 Å². The fourth-order valence-corrected chi connectivity index (χ4v) is 4.96. The SMILES string of the molecule is NCC(c1cc(Cl)cs1)N1CCC(CN2CCCC2)CC1. The van der Waals surface area contributed by atoms with Crippen LogP contribution in [0.4, 0.5) is 0 Å². The molecule has 0 radical (unpaired) electrons. The summed E-state index contributed by atoms with van der Waals surface area (Å²) in [4.78, 5) is 6.53. The highest BCUT2D eigenvalue weighted by atomic mass is 35.5. The van der Waals surface area contributed by atoms with Crippen LogP contribution in [0.3, 0.4) is 0 Å². The maximum atomic E-state index is 6.06. The first-order chi connectivity index (χ1) is 10.3. The molecule has 0 amide bonds. The number of piperidine rings is 1. The molecule has 0 bridgehead atoms. The molecule has 5 heteroatoms. The lowest BCUT2D eigenvalue weighted by atomic mass is 9.95. The van der Waals surface area contributed by atoms with E-state index in [9.17, 15) is 0 Å². The number of nitrogens with zero attached hydrogens (tertiary/aromatic N) is 2. The summed E-state index contributed by atoms with van der Waals surface area (Å²) in [7, 11) is 0. The molecule has 1 atom stereocenters. The van der Waals surface area contributed by atoms with Gasteiger partial charge in [0.1, 0.15) is 0 Å². The lowest BCUT2D eigenvalue weighted by Crippen LogP contribution is -2.41. The molecule has 0 aliphatic carbocycles. The first-order valence-corrected chi connectivity index (χ1v) is 9.42. The fraction of sp³-hybridized carbons (Fsp3) is 0.750. The minimum atomic E-state index is 0.357. The van der Waals surface area contributed by atoms with Crippen LogP contribution >= 0.6 is 22.9 Å². The quantitative estimate of drug-likeness (QED) is 0.901. The van der Waals surface area contributed by atoms with Crippen LogP contribution in [0.5, 0.6) is 0 Å². The van der Waals surface area contributed by atoms with Crippen LogP contribution in [0.2, 0.25) is 5.02 Å². The Kier molecular flexibility index (Phi) is 5.57. The molecular formula is C16H26ClN3S. The minimum Gasteiger partial charge on any atom is -0.329 e. The van der Waals surface area contributed by atoms with Crippen molar-refractivity contribution in [3.63, 3.8) is 0 Å². The van der Waals surface area contributed by atoms with E-state index < -0.39 is 0 Å². The predicted molar refractivity (Wildman–Crippen MR) is 91.1 cm³/mol. The Balaban J connectivity index is 1.51. The van der Waals surface area contributed by atoms with Crippen LogP contribution < -0.4 is 5.73 Å². The molecule has 2 N–H and O–H groups in total. The van der Waals surface area contributed by atoms with Crippen LogP contribution in [0.1, 0.15) is 36.6 Å². The van der Waals surface area contributed by atoms with Crippen molar-refractivity contribution in [1.82, 2.24) is 9.80 Å². The average Bonchev–Trinajstić information content (AvgIpc) is 3.14. The average molecular weight is 328 g/mol. The molecule has 118 valence electrons. The molecular weight excluding hydrogens is 302 g/mol. The second-order valence-corrected chi connectivity index (χ2v) is 7.79. The first kappa shape index (κ1) is 15.8. The van der Waals surface area contributed by atoms with Crippen molar-refractivity contribution < 1.29 is 0 Å². The van der Waals surface area contributed by atoms with Gasteiger partial charge in [0, 0.05) is 23.3 Å². The Morgan fingerprint density at radius 2 is 1.95 bits per heavy atom. The molecule has 2 aliphatic heterocycles. The largest absolute Gasteiger partial charge is 0.329 e. The van der Waals surface area contributed by atoms with Gasteiger partial charge in [0.15, 0.2) is 0 Å². The van der Waals surface area contributed by atoms with Gasteiger partial charge in [-0.05, 0) is 63.8 Å². The minimum absolute atomic E-state index is 0.357. The van der Waals surface area contributed by atoms with Crippen LogP contribution in [0.25, 0.3) is 0 Å². The lowest BCUT2D eigenvalue weighted by molar-refractivity contribution is 0.119. The normalized spacial score (nSPS) is 23.7. The summed E-state index contributed by atoms with van der Waals surface area (Å²) in [5.41, 5.74) is 6.03. The molecule has 0 aromatic carbocycles. The van der Waals surface area contributed by atoms with E-state index in [0.717, 1.165) is 10.9 Å². The molecule has 2 fully saturated rings. The van der Waals surface area contributed by atoms with E-state index in [0.29, 0.717) is 12.6 Å². The van der Waals surface area contributed by atoms with Crippen molar-refractivity contribution >= 4 is 22.9 Å². The number of rotatable bonds is 5. The second-order valence-electron chi connectivity index (χ2n) is 6.41. The van der Waals surface area contributed by atoms with Crippen molar-refractivity contribution in [2.24, 2.45) is 11.7 Å². The molecule has 2 aliphatic rings.